The summed E-state index contributed by atoms with van der Waals surface area (Å²) in [6, 6.07) is 9.51. The van der Waals surface area contributed by atoms with Crippen LogP contribution >= 0.6 is 11.3 Å². The average molecular weight is 386 g/mol. The summed E-state index contributed by atoms with van der Waals surface area (Å²) in [5, 5.41) is 5.36. The van der Waals surface area contributed by atoms with Crippen LogP contribution in [0, 0.1) is 5.92 Å². The first-order valence-electron chi connectivity index (χ1n) is 9.52. The summed E-state index contributed by atoms with van der Waals surface area (Å²) in [4.78, 5) is 27.3. The fourth-order valence-electron chi connectivity index (χ4n) is 3.44. The van der Waals surface area contributed by atoms with Crippen molar-refractivity contribution in [2.75, 3.05) is 18.4 Å². The molecule has 2 heterocycles. The lowest BCUT2D eigenvalue weighted by molar-refractivity contribution is 0.0682. The van der Waals surface area contributed by atoms with Crippen molar-refractivity contribution >= 4 is 28.2 Å². The quantitative estimate of drug-likeness (QED) is 0.823. The Morgan fingerprint density at radius 1 is 1.22 bits per heavy atom. The molecular weight excluding hydrogens is 358 g/mol. The van der Waals surface area contributed by atoms with Crippen molar-refractivity contribution in [2.45, 2.75) is 39.2 Å². The van der Waals surface area contributed by atoms with Crippen LogP contribution in [-0.2, 0) is 6.42 Å². The molecule has 0 spiro atoms. The fraction of sp³-hybridized carbons (Fsp3) is 0.429. The third kappa shape index (κ3) is 4.57. The van der Waals surface area contributed by atoms with Gasteiger partial charge in [-0.3, -0.25) is 9.59 Å². The molecule has 5 nitrogen and oxygen atoms in total. The molecule has 1 aliphatic rings. The maximum Gasteiger partial charge on any atom is 0.256 e. The summed E-state index contributed by atoms with van der Waals surface area (Å²) in [7, 11) is 0. The van der Waals surface area contributed by atoms with E-state index in [0.29, 0.717) is 35.1 Å². The number of nitrogens with one attached hydrogen (secondary N) is 1. The van der Waals surface area contributed by atoms with Crippen molar-refractivity contribution in [2.24, 2.45) is 11.7 Å². The number of likely N-dealkylation sites (tertiary alicyclic amines) is 1. The molecule has 1 aromatic carbocycles. The Kier molecular flexibility index (Phi) is 6.29. The van der Waals surface area contributed by atoms with Gasteiger partial charge in [0.05, 0.1) is 5.56 Å². The van der Waals surface area contributed by atoms with Crippen molar-refractivity contribution in [3.8, 4) is 0 Å². The topological polar surface area (TPSA) is 75.4 Å². The first kappa shape index (κ1) is 19.6. The zero-order valence-electron chi connectivity index (χ0n) is 15.9. The summed E-state index contributed by atoms with van der Waals surface area (Å²) < 4.78 is 0. The third-order valence-corrected chi connectivity index (χ3v) is 6.15. The number of nitrogens with two attached hydrogens (primary N) is 1. The summed E-state index contributed by atoms with van der Waals surface area (Å²) in [5.41, 5.74) is 8.34. The van der Waals surface area contributed by atoms with E-state index in [1.54, 1.807) is 6.07 Å². The van der Waals surface area contributed by atoms with Crippen molar-refractivity contribution in [1.82, 2.24) is 4.90 Å². The number of carbonyl (C=O) groups excluding carboxylic acids is 2. The molecule has 1 aromatic heterocycles. The summed E-state index contributed by atoms with van der Waals surface area (Å²) in [6.45, 7) is 5.54. The predicted octanol–water partition coefficient (Wildman–Crippen LogP) is 3.76. The molecule has 27 heavy (non-hydrogen) atoms. The molecule has 144 valence electrons. The fourth-order valence-corrected chi connectivity index (χ4v) is 4.21. The highest BCUT2D eigenvalue weighted by atomic mass is 32.1. The van der Waals surface area contributed by atoms with E-state index in [0.717, 1.165) is 19.3 Å². The van der Waals surface area contributed by atoms with E-state index in [-0.39, 0.29) is 17.9 Å². The van der Waals surface area contributed by atoms with Crippen LogP contribution < -0.4 is 11.1 Å². The highest BCUT2D eigenvalue weighted by Crippen LogP contribution is 2.28. The lowest BCUT2D eigenvalue weighted by Crippen LogP contribution is -2.42. The molecule has 2 aromatic rings. The molecule has 1 saturated heterocycles. The Hall–Kier alpha value is -2.18. The van der Waals surface area contributed by atoms with Crippen LogP contribution in [0.5, 0.6) is 0 Å². The van der Waals surface area contributed by atoms with E-state index in [1.165, 1.54) is 16.9 Å². The second kappa shape index (κ2) is 8.67. The predicted molar refractivity (Wildman–Crippen MR) is 110 cm³/mol. The smallest absolute Gasteiger partial charge is 0.256 e. The standard InChI is InChI=1S/C21H27N3O2S/c1-3-15-4-6-17(7-5-15)19(25)23-20-18(10-13-27-20)21(26)24-11-8-16(9-12-24)14(2)22/h4-7,10,13-14,16H,3,8-9,11-12,22H2,1-2H3,(H,23,25). The van der Waals surface area contributed by atoms with Gasteiger partial charge in [-0.2, -0.15) is 0 Å². The van der Waals surface area contributed by atoms with Gasteiger partial charge in [0, 0.05) is 24.7 Å². The Morgan fingerprint density at radius 2 is 1.89 bits per heavy atom. The minimum absolute atomic E-state index is 0.0176. The van der Waals surface area contributed by atoms with Gasteiger partial charge in [-0.05, 0) is 61.2 Å². The van der Waals surface area contributed by atoms with Crippen molar-refractivity contribution in [1.29, 1.82) is 0 Å². The number of thiophene rings is 1. The Labute approximate surface area is 164 Å². The molecule has 1 unspecified atom stereocenters. The molecule has 1 fully saturated rings. The number of hydrogen-bond acceptors (Lipinski definition) is 4. The number of amides is 2. The van der Waals surface area contributed by atoms with Crippen LogP contribution in [0.25, 0.3) is 0 Å². The molecule has 0 radical (unpaired) electrons. The number of aryl methyl sites for hydroxylation is 1. The van der Waals surface area contributed by atoms with Gasteiger partial charge in [0.15, 0.2) is 0 Å². The van der Waals surface area contributed by atoms with Crippen molar-refractivity contribution in [3.63, 3.8) is 0 Å². The molecule has 3 rings (SSSR count). The van der Waals surface area contributed by atoms with Crippen LogP contribution in [-0.4, -0.2) is 35.8 Å². The van der Waals surface area contributed by atoms with Gasteiger partial charge in [0.1, 0.15) is 5.00 Å². The second-order valence-corrected chi connectivity index (χ2v) is 8.07. The van der Waals surface area contributed by atoms with Gasteiger partial charge in [-0.25, -0.2) is 0 Å². The summed E-state index contributed by atoms with van der Waals surface area (Å²) in [6.07, 6.45) is 2.79. The number of piperidine rings is 1. The highest BCUT2D eigenvalue weighted by Gasteiger charge is 2.27. The first-order chi connectivity index (χ1) is 13.0. The van der Waals surface area contributed by atoms with Gasteiger partial charge in [-0.15, -0.1) is 11.3 Å². The number of hydrogen-bond donors (Lipinski definition) is 2. The molecule has 1 atom stereocenters. The van der Waals surface area contributed by atoms with Crippen molar-refractivity contribution < 1.29 is 9.59 Å². The van der Waals surface area contributed by atoms with Gasteiger partial charge in [0.25, 0.3) is 11.8 Å². The molecule has 2 amide bonds. The minimum atomic E-state index is -0.190. The molecular formula is C21H27N3O2S. The number of carbonyl (C=O) groups is 2. The van der Waals surface area contributed by atoms with Gasteiger partial charge >= 0.3 is 0 Å². The number of rotatable bonds is 5. The third-order valence-electron chi connectivity index (χ3n) is 5.32. The van der Waals surface area contributed by atoms with E-state index in [9.17, 15) is 9.59 Å². The second-order valence-electron chi connectivity index (χ2n) is 7.16. The largest absolute Gasteiger partial charge is 0.339 e. The number of nitrogens with zero attached hydrogens (tertiary/aromatic N) is 1. The molecule has 1 aliphatic heterocycles. The number of anilines is 1. The first-order valence-corrected chi connectivity index (χ1v) is 10.4. The molecule has 0 bridgehead atoms. The maximum absolute atomic E-state index is 12.9. The van der Waals surface area contributed by atoms with Crippen molar-refractivity contribution in [3.05, 3.63) is 52.4 Å². The zero-order chi connectivity index (χ0) is 19.4. The van der Waals surface area contributed by atoms with E-state index < -0.39 is 0 Å². The normalized spacial score (nSPS) is 16.2. The van der Waals surface area contributed by atoms with Gasteiger partial charge in [0.2, 0.25) is 0 Å². The molecule has 3 N–H and O–H groups in total. The van der Waals surface area contributed by atoms with Crippen LogP contribution in [0.3, 0.4) is 0 Å². The van der Waals surface area contributed by atoms with E-state index in [2.05, 4.69) is 12.2 Å². The molecule has 0 aliphatic carbocycles. The SMILES string of the molecule is CCc1ccc(C(=O)Nc2sccc2C(=O)N2CCC(C(C)N)CC2)cc1. The summed E-state index contributed by atoms with van der Waals surface area (Å²) >= 11 is 1.38. The maximum atomic E-state index is 12.9. The molecule has 0 saturated carbocycles. The van der Waals surface area contributed by atoms with Crippen LogP contribution in [0.2, 0.25) is 0 Å². The van der Waals surface area contributed by atoms with Gasteiger partial charge in [-0.1, -0.05) is 19.1 Å². The lowest BCUT2D eigenvalue weighted by Gasteiger charge is -2.33. The Balaban J connectivity index is 1.66. The lowest BCUT2D eigenvalue weighted by atomic mass is 9.91. The van der Waals surface area contributed by atoms with E-state index in [1.807, 2.05) is 41.5 Å². The van der Waals surface area contributed by atoms with Crippen LogP contribution in [0.15, 0.2) is 35.7 Å². The Morgan fingerprint density at radius 3 is 2.48 bits per heavy atom. The van der Waals surface area contributed by atoms with E-state index in [4.69, 9.17) is 5.73 Å². The minimum Gasteiger partial charge on any atom is -0.339 e. The Bertz CT molecular complexity index is 790. The number of benzene rings is 1. The van der Waals surface area contributed by atoms with Crippen LogP contribution in [0.4, 0.5) is 5.00 Å². The van der Waals surface area contributed by atoms with E-state index >= 15 is 0 Å². The van der Waals surface area contributed by atoms with Crippen LogP contribution in [0.1, 0.15) is 53.0 Å². The van der Waals surface area contributed by atoms with Gasteiger partial charge < -0.3 is 16.0 Å². The molecule has 6 heteroatoms. The zero-order valence-corrected chi connectivity index (χ0v) is 16.7. The average Bonchev–Trinajstić information content (AvgIpc) is 3.15. The summed E-state index contributed by atoms with van der Waals surface area (Å²) in [5.74, 6) is 0.266. The monoisotopic (exact) mass is 385 g/mol. The highest BCUT2D eigenvalue weighted by molar-refractivity contribution is 7.14.